The topological polar surface area (TPSA) is 113 Å². The molecule has 1 aromatic heterocycles. The molecule has 1 heterocycles. The van der Waals surface area contributed by atoms with E-state index in [0.717, 1.165) is 0 Å². The molecule has 9 heteroatoms. The first-order chi connectivity index (χ1) is 13.3. The Morgan fingerprint density at radius 1 is 1.32 bits per heavy atom. The number of hydrogen-bond donors (Lipinski definition) is 2. The maximum atomic E-state index is 13.8. The van der Waals surface area contributed by atoms with Crippen LogP contribution in [0.15, 0.2) is 34.9 Å². The molecule has 0 aliphatic rings. The number of carbonyl (C=O) groups excluding carboxylic acids is 2. The van der Waals surface area contributed by atoms with Crippen LogP contribution in [0.5, 0.6) is 0 Å². The summed E-state index contributed by atoms with van der Waals surface area (Å²) in [5, 5.41) is 11.7. The summed E-state index contributed by atoms with van der Waals surface area (Å²) in [4.78, 5) is 40.0. The molecule has 0 fully saturated rings. The van der Waals surface area contributed by atoms with Gasteiger partial charge in [0.1, 0.15) is 11.9 Å². The molecular weight excluding hydrogens is 369 g/mol. The molecule has 0 aliphatic carbocycles. The van der Waals surface area contributed by atoms with Gasteiger partial charge >= 0.3 is 5.97 Å². The number of hydrogen-bond acceptors (Lipinski definition) is 5. The molecule has 1 atom stereocenters. The maximum absolute atomic E-state index is 13.8. The lowest BCUT2D eigenvalue weighted by molar-refractivity contribution is -0.149. The van der Waals surface area contributed by atoms with Crippen LogP contribution in [0, 0.1) is 5.82 Å². The molecule has 8 nitrogen and oxygen atoms in total. The van der Waals surface area contributed by atoms with E-state index in [1.54, 1.807) is 18.2 Å². The molecule has 2 N–H and O–H groups in total. The summed E-state index contributed by atoms with van der Waals surface area (Å²) < 4.78 is 19.3. The monoisotopic (exact) mass is 391 g/mol. The summed E-state index contributed by atoms with van der Waals surface area (Å²) in [6.45, 7) is 2.95. The Hall–Kier alpha value is -3.23. The lowest BCUT2D eigenvalue weighted by atomic mass is 10.2. The van der Waals surface area contributed by atoms with Gasteiger partial charge in [0.05, 0.1) is 11.8 Å². The Morgan fingerprint density at radius 3 is 2.68 bits per heavy atom. The SMILES string of the molecule is CC(=O)NCCN(C(=O)CCc1ncc(-c2ccccc2F)o1)C(C)C(=O)O. The van der Waals surface area contributed by atoms with E-state index in [0.29, 0.717) is 0 Å². The van der Waals surface area contributed by atoms with Gasteiger partial charge in [-0.15, -0.1) is 0 Å². The zero-order valence-electron chi connectivity index (χ0n) is 15.6. The number of amides is 2. The Kier molecular flexibility index (Phi) is 7.25. The highest BCUT2D eigenvalue weighted by Gasteiger charge is 2.25. The first kappa shape index (κ1) is 21.1. The molecular formula is C19H22FN3O5. The number of aliphatic carboxylic acids is 1. The molecule has 150 valence electrons. The molecule has 0 radical (unpaired) electrons. The van der Waals surface area contributed by atoms with Crippen LogP contribution in [0.2, 0.25) is 0 Å². The highest BCUT2D eigenvalue weighted by atomic mass is 19.1. The fourth-order valence-electron chi connectivity index (χ4n) is 2.59. The third-order valence-electron chi connectivity index (χ3n) is 4.12. The summed E-state index contributed by atoms with van der Waals surface area (Å²) in [6.07, 6.45) is 1.48. The van der Waals surface area contributed by atoms with Gasteiger partial charge in [0.2, 0.25) is 11.8 Å². The van der Waals surface area contributed by atoms with E-state index in [2.05, 4.69) is 10.3 Å². The van der Waals surface area contributed by atoms with Gasteiger partial charge in [-0.3, -0.25) is 9.59 Å². The number of benzene rings is 1. The molecule has 0 aliphatic heterocycles. The van der Waals surface area contributed by atoms with Gasteiger partial charge in [-0.2, -0.15) is 0 Å². The summed E-state index contributed by atoms with van der Waals surface area (Å²) in [6, 6.07) is 5.06. The molecule has 1 aromatic carbocycles. The van der Waals surface area contributed by atoms with Crippen LogP contribution in [0.25, 0.3) is 11.3 Å². The lowest BCUT2D eigenvalue weighted by Crippen LogP contribution is -2.46. The number of carboxylic acids is 1. The van der Waals surface area contributed by atoms with Crippen LogP contribution in [-0.2, 0) is 20.8 Å². The van der Waals surface area contributed by atoms with Crippen LogP contribution in [0.1, 0.15) is 26.2 Å². The van der Waals surface area contributed by atoms with Crippen molar-refractivity contribution < 1.29 is 28.3 Å². The quantitative estimate of drug-likeness (QED) is 0.675. The van der Waals surface area contributed by atoms with Gasteiger partial charge < -0.3 is 19.7 Å². The maximum Gasteiger partial charge on any atom is 0.326 e. The van der Waals surface area contributed by atoms with E-state index in [-0.39, 0.29) is 49.1 Å². The second-order valence-corrected chi connectivity index (χ2v) is 6.18. The Morgan fingerprint density at radius 2 is 2.04 bits per heavy atom. The van der Waals surface area contributed by atoms with Crippen molar-refractivity contribution in [2.24, 2.45) is 0 Å². The summed E-state index contributed by atoms with van der Waals surface area (Å²) in [7, 11) is 0. The number of nitrogens with one attached hydrogen (secondary N) is 1. The first-order valence-corrected chi connectivity index (χ1v) is 8.76. The molecule has 2 aromatic rings. The second-order valence-electron chi connectivity index (χ2n) is 6.18. The summed E-state index contributed by atoms with van der Waals surface area (Å²) in [5.74, 6) is -1.77. The standard InChI is InChI=1S/C19H22FN3O5/c1-12(19(26)27)23(10-9-21-13(2)24)18(25)8-7-17-22-11-16(28-17)14-5-3-4-6-15(14)20/h3-6,11-12H,7-10H2,1-2H3,(H,21,24)(H,26,27). The predicted octanol–water partition coefficient (Wildman–Crippen LogP) is 1.85. The number of carbonyl (C=O) groups is 3. The third-order valence-corrected chi connectivity index (χ3v) is 4.12. The minimum absolute atomic E-state index is 0.0328. The van der Waals surface area contributed by atoms with Crippen molar-refractivity contribution in [1.82, 2.24) is 15.2 Å². The van der Waals surface area contributed by atoms with E-state index < -0.39 is 23.7 Å². The average molecular weight is 391 g/mol. The Balaban J connectivity index is 2.00. The van der Waals surface area contributed by atoms with Crippen molar-refractivity contribution in [2.75, 3.05) is 13.1 Å². The lowest BCUT2D eigenvalue weighted by Gasteiger charge is -2.26. The number of aryl methyl sites for hydroxylation is 1. The van der Waals surface area contributed by atoms with E-state index in [1.807, 2.05) is 0 Å². The third kappa shape index (κ3) is 5.63. The molecule has 0 bridgehead atoms. The fraction of sp³-hybridized carbons (Fsp3) is 0.368. The van der Waals surface area contributed by atoms with Crippen molar-refractivity contribution in [3.8, 4) is 11.3 Å². The van der Waals surface area contributed by atoms with Crippen molar-refractivity contribution >= 4 is 17.8 Å². The van der Waals surface area contributed by atoms with Gasteiger partial charge in [0.15, 0.2) is 11.7 Å². The molecule has 0 saturated heterocycles. The minimum Gasteiger partial charge on any atom is -0.480 e. The van der Waals surface area contributed by atoms with Gasteiger partial charge in [-0.25, -0.2) is 14.2 Å². The van der Waals surface area contributed by atoms with Crippen molar-refractivity contribution in [3.05, 3.63) is 42.2 Å². The minimum atomic E-state index is -1.14. The van der Waals surface area contributed by atoms with Crippen LogP contribution < -0.4 is 5.32 Å². The molecule has 28 heavy (non-hydrogen) atoms. The largest absolute Gasteiger partial charge is 0.480 e. The van der Waals surface area contributed by atoms with Gasteiger partial charge in [0, 0.05) is 32.9 Å². The van der Waals surface area contributed by atoms with E-state index in [4.69, 9.17) is 4.42 Å². The highest BCUT2D eigenvalue weighted by molar-refractivity contribution is 5.83. The summed E-state index contributed by atoms with van der Waals surface area (Å²) >= 11 is 0. The molecule has 0 spiro atoms. The van der Waals surface area contributed by atoms with Crippen molar-refractivity contribution in [2.45, 2.75) is 32.7 Å². The molecule has 1 unspecified atom stereocenters. The summed E-state index contributed by atoms with van der Waals surface area (Å²) in [5.41, 5.74) is 0.268. The fourth-order valence-corrected chi connectivity index (χ4v) is 2.59. The number of carboxylic acid groups (broad SMARTS) is 1. The van der Waals surface area contributed by atoms with Crippen LogP contribution in [0.3, 0.4) is 0 Å². The van der Waals surface area contributed by atoms with Crippen LogP contribution in [-0.4, -0.2) is 51.9 Å². The number of oxazole rings is 1. The number of halogens is 1. The number of aromatic nitrogens is 1. The zero-order chi connectivity index (χ0) is 20.7. The van der Waals surface area contributed by atoms with E-state index in [1.165, 1.54) is 31.0 Å². The Labute approximate surface area is 161 Å². The number of nitrogens with zero attached hydrogens (tertiary/aromatic N) is 2. The number of rotatable bonds is 9. The first-order valence-electron chi connectivity index (χ1n) is 8.76. The van der Waals surface area contributed by atoms with E-state index in [9.17, 15) is 23.9 Å². The molecule has 2 amide bonds. The van der Waals surface area contributed by atoms with Crippen LogP contribution in [0.4, 0.5) is 4.39 Å². The molecule has 0 saturated carbocycles. The smallest absolute Gasteiger partial charge is 0.326 e. The molecule has 2 rings (SSSR count). The van der Waals surface area contributed by atoms with Crippen molar-refractivity contribution in [1.29, 1.82) is 0 Å². The normalized spacial score (nSPS) is 11.7. The zero-order valence-corrected chi connectivity index (χ0v) is 15.6. The average Bonchev–Trinajstić information content (AvgIpc) is 3.11. The Bertz CT molecular complexity index is 852. The van der Waals surface area contributed by atoms with Gasteiger partial charge in [-0.1, -0.05) is 12.1 Å². The van der Waals surface area contributed by atoms with Crippen molar-refractivity contribution in [3.63, 3.8) is 0 Å². The van der Waals surface area contributed by atoms with Gasteiger partial charge in [0.25, 0.3) is 0 Å². The van der Waals surface area contributed by atoms with E-state index >= 15 is 0 Å². The van der Waals surface area contributed by atoms with Crippen LogP contribution >= 0.6 is 0 Å². The highest BCUT2D eigenvalue weighted by Crippen LogP contribution is 2.23. The van der Waals surface area contributed by atoms with Gasteiger partial charge in [-0.05, 0) is 19.1 Å². The second kappa shape index (κ2) is 9.63. The predicted molar refractivity (Wildman–Crippen MR) is 97.7 cm³/mol.